The summed E-state index contributed by atoms with van der Waals surface area (Å²) in [5.74, 6) is -0.0617. The Morgan fingerprint density at radius 2 is 1.70 bits per heavy atom. The number of imide groups is 1. The van der Waals surface area contributed by atoms with Gasteiger partial charge in [0.15, 0.2) is 0 Å². The zero-order chi connectivity index (χ0) is 19.3. The second-order valence-electron chi connectivity index (χ2n) is 7.79. The van der Waals surface area contributed by atoms with E-state index < -0.39 is 5.54 Å². The van der Waals surface area contributed by atoms with Crippen molar-refractivity contribution in [3.8, 4) is 0 Å². The first-order valence-corrected chi connectivity index (χ1v) is 10.0. The van der Waals surface area contributed by atoms with E-state index in [4.69, 9.17) is 0 Å². The lowest BCUT2D eigenvalue weighted by molar-refractivity contribution is -0.133. The summed E-state index contributed by atoms with van der Waals surface area (Å²) >= 11 is 0. The summed E-state index contributed by atoms with van der Waals surface area (Å²) < 4.78 is 0. The standard InChI is InChI=1S/C19H31N5O3/c1-2-9-20-16(25)14-22-10-12-23(13-11-22)15-24-17(26)19(21-18(24)27)7-5-3-4-6-8-19/h2H,1,3-15H2,(H,20,25)(H,21,27). The SMILES string of the molecule is C=CCNC(=O)CN1CCN(CN2C(=O)NC3(CCCCCC3)C2=O)CC1. The van der Waals surface area contributed by atoms with Crippen LogP contribution in [0, 0.1) is 0 Å². The predicted molar refractivity (Wildman–Crippen MR) is 102 cm³/mol. The minimum Gasteiger partial charge on any atom is -0.352 e. The van der Waals surface area contributed by atoms with Gasteiger partial charge in [0.05, 0.1) is 13.2 Å². The van der Waals surface area contributed by atoms with Gasteiger partial charge in [-0.3, -0.25) is 19.4 Å². The van der Waals surface area contributed by atoms with Crippen LogP contribution in [-0.4, -0.2) is 84.0 Å². The molecule has 2 heterocycles. The number of hydrogen-bond acceptors (Lipinski definition) is 5. The smallest absolute Gasteiger partial charge is 0.326 e. The fourth-order valence-electron chi connectivity index (χ4n) is 4.21. The maximum atomic E-state index is 13.0. The molecule has 0 atom stereocenters. The molecule has 0 aromatic rings. The first-order valence-electron chi connectivity index (χ1n) is 10.0. The third-order valence-corrected chi connectivity index (χ3v) is 5.82. The Morgan fingerprint density at radius 3 is 2.33 bits per heavy atom. The maximum absolute atomic E-state index is 13.0. The van der Waals surface area contributed by atoms with Gasteiger partial charge in [-0.25, -0.2) is 9.69 Å². The molecule has 8 nitrogen and oxygen atoms in total. The zero-order valence-electron chi connectivity index (χ0n) is 16.0. The Hall–Kier alpha value is -1.93. The average molecular weight is 377 g/mol. The van der Waals surface area contributed by atoms with Crippen molar-refractivity contribution in [2.75, 3.05) is 45.9 Å². The Bertz CT molecular complexity index is 578. The number of piperazine rings is 1. The highest BCUT2D eigenvalue weighted by molar-refractivity contribution is 6.07. The lowest BCUT2D eigenvalue weighted by Gasteiger charge is -2.35. The van der Waals surface area contributed by atoms with Gasteiger partial charge in [0.1, 0.15) is 5.54 Å². The van der Waals surface area contributed by atoms with E-state index in [1.807, 2.05) is 0 Å². The molecule has 4 amide bonds. The van der Waals surface area contributed by atoms with Gasteiger partial charge < -0.3 is 10.6 Å². The molecule has 0 aromatic heterocycles. The van der Waals surface area contributed by atoms with Gasteiger partial charge in [-0.1, -0.05) is 31.8 Å². The third-order valence-electron chi connectivity index (χ3n) is 5.82. The van der Waals surface area contributed by atoms with Crippen LogP contribution < -0.4 is 10.6 Å². The second-order valence-corrected chi connectivity index (χ2v) is 7.79. The summed E-state index contributed by atoms with van der Waals surface area (Å²) in [7, 11) is 0. The van der Waals surface area contributed by atoms with Crippen molar-refractivity contribution in [3.05, 3.63) is 12.7 Å². The fraction of sp³-hybridized carbons (Fsp3) is 0.737. The van der Waals surface area contributed by atoms with Crippen LogP contribution in [0.2, 0.25) is 0 Å². The average Bonchev–Trinajstić information content (AvgIpc) is 2.83. The van der Waals surface area contributed by atoms with Crippen LogP contribution in [0.15, 0.2) is 12.7 Å². The van der Waals surface area contributed by atoms with E-state index in [-0.39, 0.29) is 17.8 Å². The van der Waals surface area contributed by atoms with E-state index in [1.54, 1.807) is 6.08 Å². The highest BCUT2D eigenvalue weighted by Crippen LogP contribution is 2.32. The summed E-state index contributed by atoms with van der Waals surface area (Å²) in [5.41, 5.74) is -0.668. The molecule has 0 aromatic carbocycles. The molecule has 1 spiro atoms. The van der Waals surface area contributed by atoms with Crippen LogP contribution in [0.25, 0.3) is 0 Å². The third kappa shape index (κ3) is 4.68. The molecule has 27 heavy (non-hydrogen) atoms. The molecule has 3 aliphatic rings. The van der Waals surface area contributed by atoms with E-state index in [2.05, 4.69) is 27.0 Å². The van der Waals surface area contributed by atoms with Crippen LogP contribution >= 0.6 is 0 Å². The summed E-state index contributed by atoms with van der Waals surface area (Å²) in [6, 6.07) is -0.256. The van der Waals surface area contributed by atoms with Crippen LogP contribution in [0.5, 0.6) is 0 Å². The molecule has 8 heteroatoms. The van der Waals surface area contributed by atoms with E-state index >= 15 is 0 Å². The quantitative estimate of drug-likeness (QED) is 0.520. The van der Waals surface area contributed by atoms with Crippen molar-refractivity contribution in [1.29, 1.82) is 0 Å². The fourth-order valence-corrected chi connectivity index (χ4v) is 4.21. The van der Waals surface area contributed by atoms with E-state index in [0.29, 0.717) is 19.8 Å². The molecule has 0 unspecified atom stereocenters. The predicted octanol–water partition coefficient (Wildman–Crippen LogP) is 0.509. The van der Waals surface area contributed by atoms with Gasteiger partial charge in [0, 0.05) is 32.7 Å². The summed E-state index contributed by atoms with van der Waals surface area (Å²) in [6.07, 6.45) is 7.41. The van der Waals surface area contributed by atoms with Crippen LogP contribution in [-0.2, 0) is 9.59 Å². The van der Waals surface area contributed by atoms with Crippen molar-refractivity contribution in [1.82, 2.24) is 25.3 Å². The van der Waals surface area contributed by atoms with Gasteiger partial charge >= 0.3 is 6.03 Å². The van der Waals surface area contributed by atoms with Crippen molar-refractivity contribution < 1.29 is 14.4 Å². The Kier molecular flexibility index (Phi) is 6.49. The highest BCUT2D eigenvalue weighted by Gasteiger charge is 2.50. The van der Waals surface area contributed by atoms with E-state index in [0.717, 1.165) is 64.7 Å². The summed E-state index contributed by atoms with van der Waals surface area (Å²) in [4.78, 5) is 42.8. The Labute approximate surface area is 160 Å². The summed E-state index contributed by atoms with van der Waals surface area (Å²) in [6.45, 7) is 7.73. The van der Waals surface area contributed by atoms with E-state index in [1.165, 1.54) is 4.90 Å². The normalized spacial score (nSPS) is 23.9. The molecule has 0 radical (unpaired) electrons. The number of rotatable bonds is 6. The minimum atomic E-state index is -0.668. The monoisotopic (exact) mass is 377 g/mol. The van der Waals surface area contributed by atoms with Crippen molar-refractivity contribution in [2.24, 2.45) is 0 Å². The molecule has 0 bridgehead atoms. The first kappa shape index (κ1) is 19.8. The molecular weight excluding hydrogens is 346 g/mol. The molecule has 1 saturated carbocycles. The number of nitrogens with zero attached hydrogens (tertiary/aromatic N) is 3. The van der Waals surface area contributed by atoms with Crippen molar-refractivity contribution in [2.45, 2.75) is 44.1 Å². The highest BCUT2D eigenvalue weighted by atomic mass is 16.2. The number of carbonyl (C=O) groups is 3. The molecule has 2 saturated heterocycles. The molecule has 1 aliphatic carbocycles. The molecular formula is C19H31N5O3. The molecule has 2 N–H and O–H groups in total. The lowest BCUT2D eigenvalue weighted by atomic mass is 9.90. The summed E-state index contributed by atoms with van der Waals surface area (Å²) in [5, 5.41) is 5.77. The number of nitrogens with one attached hydrogen (secondary N) is 2. The van der Waals surface area contributed by atoms with Crippen LogP contribution in [0.1, 0.15) is 38.5 Å². The molecule has 3 rings (SSSR count). The largest absolute Gasteiger partial charge is 0.352 e. The van der Waals surface area contributed by atoms with Gasteiger partial charge in [-0.15, -0.1) is 6.58 Å². The van der Waals surface area contributed by atoms with Gasteiger partial charge in [0.25, 0.3) is 5.91 Å². The number of carbonyl (C=O) groups excluding carboxylic acids is 3. The zero-order valence-corrected chi connectivity index (χ0v) is 16.0. The molecule has 3 fully saturated rings. The van der Waals surface area contributed by atoms with E-state index in [9.17, 15) is 14.4 Å². The first-order chi connectivity index (χ1) is 13.0. The number of urea groups is 1. The van der Waals surface area contributed by atoms with Crippen LogP contribution in [0.3, 0.4) is 0 Å². The van der Waals surface area contributed by atoms with Gasteiger partial charge in [-0.2, -0.15) is 0 Å². The van der Waals surface area contributed by atoms with Crippen molar-refractivity contribution in [3.63, 3.8) is 0 Å². The topological polar surface area (TPSA) is 85.0 Å². The number of amides is 4. The van der Waals surface area contributed by atoms with Crippen molar-refractivity contribution >= 4 is 17.8 Å². The lowest BCUT2D eigenvalue weighted by Crippen LogP contribution is -2.53. The molecule has 2 aliphatic heterocycles. The maximum Gasteiger partial charge on any atom is 0.326 e. The number of hydrogen-bond donors (Lipinski definition) is 2. The van der Waals surface area contributed by atoms with Gasteiger partial charge in [-0.05, 0) is 12.8 Å². The Morgan fingerprint density at radius 1 is 1.07 bits per heavy atom. The molecule has 150 valence electrons. The second kappa shape index (κ2) is 8.84. The van der Waals surface area contributed by atoms with Gasteiger partial charge in [0.2, 0.25) is 5.91 Å². The minimum absolute atomic E-state index is 0.00671. The Balaban J connectivity index is 1.48. The van der Waals surface area contributed by atoms with Crippen LogP contribution in [0.4, 0.5) is 4.79 Å².